The van der Waals surface area contributed by atoms with Gasteiger partial charge in [-0.2, -0.15) is 0 Å². The van der Waals surface area contributed by atoms with Crippen molar-refractivity contribution >= 4 is 62.4 Å². The zero-order valence-electron chi connectivity index (χ0n) is 31.7. The van der Waals surface area contributed by atoms with Gasteiger partial charge in [-0.1, -0.05) is 42.5 Å². The van der Waals surface area contributed by atoms with E-state index in [2.05, 4.69) is 36.2 Å². The molecular formula is C41H50BrN5O9. The van der Waals surface area contributed by atoms with E-state index in [1.165, 1.54) is 11.8 Å². The number of unbranched alkanes of at least 4 members (excludes halogenated alkanes) is 1. The number of aliphatic hydroxyl groups is 2. The molecule has 56 heavy (non-hydrogen) atoms. The molecule has 0 bridgehead atoms. The third-order valence-corrected chi connectivity index (χ3v) is 10.9. The van der Waals surface area contributed by atoms with E-state index in [1.54, 1.807) is 31.5 Å². The Balaban J connectivity index is 1.11. The maximum atomic E-state index is 13.3. The average Bonchev–Trinajstić information content (AvgIpc) is 3.76. The van der Waals surface area contributed by atoms with E-state index in [-0.39, 0.29) is 36.5 Å². The monoisotopic (exact) mass is 835 g/mol. The molecule has 2 heterocycles. The van der Waals surface area contributed by atoms with E-state index in [9.17, 15) is 29.4 Å². The number of halogens is 1. The van der Waals surface area contributed by atoms with Crippen LogP contribution in [0.25, 0.3) is 11.0 Å². The normalized spacial score (nSPS) is 20.4. The summed E-state index contributed by atoms with van der Waals surface area (Å²) in [5.74, 6) is -1.24. The first-order valence-corrected chi connectivity index (χ1v) is 19.9. The number of rotatable bonds is 18. The summed E-state index contributed by atoms with van der Waals surface area (Å²) in [6.07, 6.45) is 7.86. The van der Waals surface area contributed by atoms with Crippen LogP contribution < -0.4 is 5.32 Å². The number of aromatic nitrogens is 2. The standard InChI is InChI=1S/C41H50BrN5O9/c1-26(48)10-6-3-4-9-13-30-31(35(50)24-34(30)49)17-16-29(15-14-28-11-7-5-8-12-28)56-36(51)25-54-41(53)55-27(2)39(52)47-23-22-45-40(47)46-32-18-19-33-38(37(32)42)44-21-20-43-33/h4-5,7-9,11-12,18-21,27,29-31,34-35,49-50H,3,6,10,13-17,22-25H2,1-2H3,(H,45,46)/b9-4-/t27?,29-,30+,31+,34-,35+/m0/s1. The fourth-order valence-electron chi connectivity index (χ4n) is 7.13. The summed E-state index contributed by atoms with van der Waals surface area (Å²) in [6.45, 7) is 2.87. The second-order valence-electron chi connectivity index (χ2n) is 14.2. The van der Waals surface area contributed by atoms with E-state index in [0.29, 0.717) is 66.3 Å². The Morgan fingerprint density at radius 2 is 1.77 bits per heavy atom. The van der Waals surface area contributed by atoms with Crippen LogP contribution in [0, 0.1) is 11.8 Å². The fourth-order valence-corrected chi connectivity index (χ4v) is 7.67. The van der Waals surface area contributed by atoms with Crippen LogP contribution >= 0.6 is 15.9 Å². The van der Waals surface area contributed by atoms with E-state index < -0.39 is 49.1 Å². The predicted molar refractivity (Wildman–Crippen MR) is 213 cm³/mol. The number of benzene rings is 2. The molecule has 3 N–H and O–H groups in total. The number of ketones is 1. The molecule has 1 saturated carbocycles. The van der Waals surface area contributed by atoms with Gasteiger partial charge in [0.15, 0.2) is 12.7 Å². The lowest BCUT2D eigenvalue weighted by Gasteiger charge is -2.25. The zero-order valence-corrected chi connectivity index (χ0v) is 33.3. The number of allylic oxidation sites excluding steroid dienone is 2. The lowest BCUT2D eigenvalue weighted by Crippen LogP contribution is -2.44. The van der Waals surface area contributed by atoms with Crippen molar-refractivity contribution in [1.29, 1.82) is 0 Å². The van der Waals surface area contributed by atoms with Gasteiger partial charge in [-0.15, -0.1) is 0 Å². The van der Waals surface area contributed by atoms with E-state index in [0.717, 1.165) is 18.4 Å². The number of aliphatic imine (C=N–C) groups is 1. The molecular weight excluding hydrogens is 786 g/mol. The Morgan fingerprint density at radius 1 is 1.00 bits per heavy atom. The number of amides is 1. The predicted octanol–water partition coefficient (Wildman–Crippen LogP) is 5.93. The minimum absolute atomic E-state index is 0.156. The van der Waals surface area contributed by atoms with Crippen LogP contribution in [0.15, 0.2) is 76.5 Å². The van der Waals surface area contributed by atoms with Crippen LogP contribution in [-0.2, 0) is 35.0 Å². The van der Waals surface area contributed by atoms with Gasteiger partial charge in [0.25, 0.3) is 5.91 Å². The highest BCUT2D eigenvalue weighted by atomic mass is 79.9. The van der Waals surface area contributed by atoms with Crippen molar-refractivity contribution in [3.05, 3.63) is 77.0 Å². The van der Waals surface area contributed by atoms with Crippen molar-refractivity contribution in [3.63, 3.8) is 0 Å². The first-order chi connectivity index (χ1) is 27.0. The maximum absolute atomic E-state index is 13.3. The molecule has 2 aromatic carbocycles. The van der Waals surface area contributed by atoms with Crippen LogP contribution in [0.3, 0.4) is 0 Å². The van der Waals surface area contributed by atoms with Gasteiger partial charge in [0.2, 0.25) is 5.96 Å². The molecule has 5 rings (SSSR count). The van der Waals surface area contributed by atoms with Crippen molar-refractivity contribution in [2.45, 2.75) is 96.1 Å². The number of Topliss-reactive ketones (excluding diaryl/α,β-unsaturated/α-hetero) is 1. The first-order valence-electron chi connectivity index (χ1n) is 19.1. The Labute approximate surface area is 334 Å². The van der Waals surface area contributed by atoms with Crippen LogP contribution in [0.1, 0.15) is 70.8 Å². The molecule has 0 radical (unpaired) electrons. The number of carbonyl (C=O) groups is 4. The largest absolute Gasteiger partial charge is 0.509 e. The number of hydrogen-bond acceptors (Lipinski definition) is 13. The summed E-state index contributed by atoms with van der Waals surface area (Å²) in [4.78, 5) is 64.6. The molecule has 1 fully saturated rings. The van der Waals surface area contributed by atoms with Crippen LogP contribution in [0.5, 0.6) is 0 Å². The van der Waals surface area contributed by atoms with E-state index in [4.69, 9.17) is 14.2 Å². The third kappa shape index (κ3) is 12.1. The highest BCUT2D eigenvalue weighted by molar-refractivity contribution is 9.10. The average molecular weight is 837 g/mol. The highest BCUT2D eigenvalue weighted by Crippen LogP contribution is 2.39. The molecule has 14 nitrogen and oxygen atoms in total. The first kappa shape index (κ1) is 42.4. The van der Waals surface area contributed by atoms with Crippen molar-refractivity contribution in [2.24, 2.45) is 16.8 Å². The van der Waals surface area contributed by atoms with Crippen molar-refractivity contribution in [1.82, 2.24) is 14.9 Å². The molecule has 0 saturated heterocycles. The number of nitrogens with zero attached hydrogens (tertiary/aromatic N) is 4. The lowest BCUT2D eigenvalue weighted by molar-refractivity contribution is -0.154. The molecule has 2 aliphatic rings. The van der Waals surface area contributed by atoms with Gasteiger partial charge in [-0.25, -0.2) is 9.59 Å². The number of guanidine groups is 1. The van der Waals surface area contributed by atoms with Gasteiger partial charge < -0.3 is 34.5 Å². The number of hydrogen-bond donors (Lipinski definition) is 3. The van der Waals surface area contributed by atoms with E-state index >= 15 is 0 Å². The lowest BCUT2D eigenvalue weighted by atomic mass is 9.85. The Kier molecular flexibility index (Phi) is 15.9. The molecule has 1 aliphatic heterocycles. The molecule has 1 amide bonds. The molecule has 300 valence electrons. The molecule has 3 aromatic rings. The number of aryl methyl sites for hydroxylation is 1. The van der Waals surface area contributed by atoms with Crippen LogP contribution in [0.4, 0.5) is 10.5 Å². The molecule has 1 unspecified atom stereocenters. The Morgan fingerprint density at radius 3 is 2.55 bits per heavy atom. The maximum Gasteiger partial charge on any atom is 0.509 e. The number of ether oxygens (including phenoxy) is 3. The molecule has 6 atom stereocenters. The van der Waals surface area contributed by atoms with Gasteiger partial charge in [0.05, 0.1) is 34.4 Å². The zero-order chi connectivity index (χ0) is 40.0. The summed E-state index contributed by atoms with van der Waals surface area (Å²) in [6, 6.07) is 13.3. The quantitative estimate of drug-likeness (QED) is 0.0779. The molecule has 1 aliphatic carbocycles. The number of esters is 1. The van der Waals surface area contributed by atoms with Gasteiger partial charge in [0, 0.05) is 25.4 Å². The summed E-state index contributed by atoms with van der Waals surface area (Å²) in [5, 5.41) is 24.7. The molecule has 0 spiro atoms. The summed E-state index contributed by atoms with van der Waals surface area (Å²) in [7, 11) is 0. The summed E-state index contributed by atoms with van der Waals surface area (Å²) >= 11 is 3.54. The number of anilines is 1. The van der Waals surface area contributed by atoms with Crippen LogP contribution in [0.2, 0.25) is 0 Å². The molecule has 15 heteroatoms. The SMILES string of the molecule is CC(=O)CCC/C=C\C[C@@H]1[C@@H](CC[C@H](CCc2ccccc2)OC(=O)COC(=O)OC(C)C(=O)N2CCN=C2Nc2ccc3nccnc3c2Br)[C@H](O)C[C@@H]1O. The number of carbonyl (C=O) groups excluding carboxylic acids is 4. The van der Waals surface area contributed by atoms with Crippen molar-refractivity contribution < 1.29 is 43.6 Å². The van der Waals surface area contributed by atoms with E-state index in [1.807, 2.05) is 42.5 Å². The second-order valence-corrected chi connectivity index (χ2v) is 15.0. The fraction of sp³-hybridized carbons (Fsp3) is 0.488. The smallest absolute Gasteiger partial charge is 0.460 e. The van der Waals surface area contributed by atoms with Gasteiger partial charge >= 0.3 is 12.1 Å². The number of nitrogens with one attached hydrogen (secondary N) is 1. The Hall–Kier alpha value is -4.73. The van der Waals surface area contributed by atoms with Crippen molar-refractivity contribution in [2.75, 3.05) is 25.0 Å². The number of fused-ring (bicyclic) bond motifs is 1. The van der Waals surface area contributed by atoms with Crippen molar-refractivity contribution in [3.8, 4) is 0 Å². The third-order valence-electron chi connectivity index (χ3n) is 10.1. The van der Waals surface area contributed by atoms with Gasteiger partial charge in [-0.05, 0) is 111 Å². The Bertz CT molecular complexity index is 1880. The van der Waals surface area contributed by atoms with Gasteiger partial charge in [0.1, 0.15) is 17.4 Å². The van der Waals surface area contributed by atoms with Gasteiger partial charge in [-0.3, -0.25) is 24.7 Å². The minimum Gasteiger partial charge on any atom is -0.460 e. The molecule has 1 aromatic heterocycles. The van der Waals surface area contributed by atoms with Crippen LogP contribution in [-0.4, -0.2) is 99.0 Å². The minimum atomic E-state index is -1.25. The summed E-state index contributed by atoms with van der Waals surface area (Å²) in [5.41, 5.74) is 3.01. The highest BCUT2D eigenvalue weighted by Gasteiger charge is 2.41. The topological polar surface area (TPSA) is 190 Å². The number of aliphatic hydroxyl groups excluding tert-OH is 2. The summed E-state index contributed by atoms with van der Waals surface area (Å²) < 4.78 is 16.7. The second kappa shape index (κ2) is 21.0.